The number of thioether (sulfide) groups is 1. The van der Waals surface area contributed by atoms with E-state index in [9.17, 15) is 5.11 Å². The third kappa shape index (κ3) is 3.63. The van der Waals surface area contributed by atoms with Crippen molar-refractivity contribution in [2.24, 2.45) is 0 Å². The first-order valence-corrected chi connectivity index (χ1v) is 7.49. The Balaban J connectivity index is 2.09. The summed E-state index contributed by atoms with van der Waals surface area (Å²) in [5.74, 6) is 0.862. The predicted octanol–water partition coefficient (Wildman–Crippen LogP) is 4.21. The largest absolute Gasteiger partial charge is 0.389 e. The number of aryl methyl sites for hydroxylation is 1. The lowest BCUT2D eigenvalue weighted by Crippen LogP contribution is -1.91. The summed E-state index contributed by atoms with van der Waals surface area (Å²) in [5, 5.41) is 18.5. The smallest absolute Gasteiger partial charge is 0.0991 e. The molecule has 0 radical (unpaired) electrons. The van der Waals surface area contributed by atoms with Crippen LogP contribution in [-0.2, 0) is 5.75 Å². The second kappa shape index (κ2) is 6.60. The molecule has 3 heteroatoms. The molecule has 0 heterocycles. The molecule has 102 valence electrons. The second-order valence-corrected chi connectivity index (χ2v) is 5.84. The van der Waals surface area contributed by atoms with Crippen LogP contribution in [0.2, 0.25) is 0 Å². The Labute approximate surface area is 124 Å². The Morgan fingerprint density at radius 1 is 1.25 bits per heavy atom. The molecule has 0 aromatic heterocycles. The van der Waals surface area contributed by atoms with Crippen molar-refractivity contribution in [1.29, 1.82) is 5.26 Å². The molecule has 1 unspecified atom stereocenters. The second-order valence-electron chi connectivity index (χ2n) is 4.79. The number of nitriles is 1. The highest BCUT2D eigenvalue weighted by atomic mass is 32.2. The Bertz CT molecular complexity index is 644. The lowest BCUT2D eigenvalue weighted by molar-refractivity contribution is 0.199. The van der Waals surface area contributed by atoms with E-state index in [1.807, 2.05) is 43.3 Å². The summed E-state index contributed by atoms with van der Waals surface area (Å²) in [4.78, 5) is 1.15. The molecule has 20 heavy (non-hydrogen) atoms. The molecule has 2 rings (SSSR count). The summed E-state index contributed by atoms with van der Waals surface area (Å²) in [7, 11) is 0. The van der Waals surface area contributed by atoms with Gasteiger partial charge in [-0.05, 0) is 54.8 Å². The van der Waals surface area contributed by atoms with Crippen LogP contribution in [0.15, 0.2) is 47.4 Å². The molecule has 0 saturated carbocycles. The third-order valence-corrected chi connectivity index (χ3v) is 4.25. The molecular weight excluding hydrogens is 266 g/mol. The van der Waals surface area contributed by atoms with E-state index in [0.717, 1.165) is 21.8 Å². The number of rotatable bonds is 4. The molecule has 1 N–H and O–H groups in total. The molecule has 0 aliphatic heterocycles. The number of aliphatic hydroxyl groups excluding tert-OH is 1. The molecular formula is C17H17NOS. The maximum atomic E-state index is 9.60. The zero-order valence-corrected chi connectivity index (χ0v) is 12.4. The maximum Gasteiger partial charge on any atom is 0.0991 e. The fraction of sp³-hybridized carbons (Fsp3) is 0.235. The molecule has 0 aliphatic carbocycles. The van der Waals surface area contributed by atoms with Crippen LogP contribution in [-0.4, -0.2) is 5.11 Å². The van der Waals surface area contributed by atoms with Crippen molar-refractivity contribution in [2.45, 2.75) is 30.6 Å². The minimum atomic E-state index is -0.438. The van der Waals surface area contributed by atoms with E-state index < -0.39 is 6.10 Å². The summed E-state index contributed by atoms with van der Waals surface area (Å²) >= 11 is 1.74. The third-order valence-electron chi connectivity index (χ3n) is 3.21. The maximum absolute atomic E-state index is 9.60. The van der Waals surface area contributed by atoms with Gasteiger partial charge in [-0.3, -0.25) is 0 Å². The summed E-state index contributed by atoms with van der Waals surface area (Å²) in [6.07, 6.45) is -0.438. The minimum absolute atomic E-state index is 0.438. The molecule has 0 aliphatic rings. The van der Waals surface area contributed by atoms with Gasteiger partial charge in [-0.25, -0.2) is 0 Å². The van der Waals surface area contributed by atoms with Crippen LogP contribution >= 0.6 is 11.8 Å². The average molecular weight is 283 g/mol. The highest BCUT2D eigenvalue weighted by Crippen LogP contribution is 2.27. The van der Waals surface area contributed by atoms with E-state index in [-0.39, 0.29) is 0 Å². The Kier molecular flexibility index (Phi) is 4.84. The first kappa shape index (κ1) is 14.6. The number of hydrogen-bond acceptors (Lipinski definition) is 3. The SMILES string of the molecule is Cc1cc(C#N)ccc1CSc1cccc(C(C)O)c1. The Morgan fingerprint density at radius 3 is 2.70 bits per heavy atom. The number of benzene rings is 2. The van der Waals surface area contributed by atoms with Crippen LogP contribution < -0.4 is 0 Å². The molecule has 2 aromatic carbocycles. The summed E-state index contributed by atoms with van der Waals surface area (Å²) in [6.45, 7) is 3.80. The van der Waals surface area contributed by atoms with Crippen molar-refractivity contribution in [3.8, 4) is 6.07 Å². The van der Waals surface area contributed by atoms with Gasteiger partial charge in [-0.2, -0.15) is 5.26 Å². The fourth-order valence-corrected chi connectivity index (χ4v) is 2.99. The van der Waals surface area contributed by atoms with E-state index >= 15 is 0 Å². The van der Waals surface area contributed by atoms with Gasteiger partial charge in [0.25, 0.3) is 0 Å². The monoisotopic (exact) mass is 283 g/mol. The number of nitrogens with zero attached hydrogens (tertiary/aromatic N) is 1. The summed E-state index contributed by atoms with van der Waals surface area (Å²) < 4.78 is 0. The molecule has 0 saturated heterocycles. The van der Waals surface area contributed by atoms with Gasteiger partial charge in [0.15, 0.2) is 0 Å². The van der Waals surface area contributed by atoms with E-state index in [4.69, 9.17) is 5.26 Å². The van der Waals surface area contributed by atoms with Crippen molar-refractivity contribution in [1.82, 2.24) is 0 Å². The van der Waals surface area contributed by atoms with Crippen molar-refractivity contribution >= 4 is 11.8 Å². The number of hydrogen-bond donors (Lipinski definition) is 1. The normalized spacial score (nSPS) is 11.9. The quantitative estimate of drug-likeness (QED) is 0.855. The number of aliphatic hydroxyl groups is 1. The van der Waals surface area contributed by atoms with Gasteiger partial charge < -0.3 is 5.11 Å². The van der Waals surface area contributed by atoms with Crippen LogP contribution in [0.5, 0.6) is 0 Å². The van der Waals surface area contributed by atoms with E-state index in [1.54, 1.807) is 18.7 Å². The van der Waals surface area contributed by atoms with Crippen molar-refractivity contribution in [2.75, 3.05) is 0 Å². The fourth-order valence-electron chi connectivity index (χ4n) is 1.95. The van der Waals surface area contributed by atoms with Crippen LogP contribution in [0.3, 0.4) is 0 Å². The lowest BCUT2D eigenvalue weighted by atomic mass is 10.1. The van der Waals surface area contributed by atoms with Crippen molar-refractivity contribution in [3.63, 3.8) is 0 Å². The highest BCUT2D eigenvalue weighted by molar-refractivity contribution is 7.98. The highest BCUT2D eigenvalue weighted by Gasteiger charge is 2.04. The van der Waals surface area contributed by atoms with Gasteiger partial charge in [0.1, 0.15) is 0 Å². The van der Waals surface area contributed by atoms with E-state index in [1.165, 1.54) is 5.56 Å². The molecule has 1 atom stereocenters. The summed E-state index contributed by atoms with van der Waals surface area (Å²) in [6, 6.07) is 15.9. The topological polar surface area (TPSA) is 44.0 Å². The first-order chi connectivity index (χ1) is 9.60. The van der Waals surface area contributed by atoms with Crippen LogP contribution in [0.4, 0.5) is 0 Å². The van der Waals surface area contributed by atoms with Crippen LogP contribution in [0.1, 0.15) is 35.3 Å². The lowest BCUT2D eigenvalue weighted by Gasteiger charge is -2.09. The van der Waals surface area contributed by atoms with Crippen molar-refractivity contribution in [3.05, 3.63) is 64.7 Å². The van der Waals surface area contributed by atoms with E-state index in [2.05, 4.69) is 12.1 Å². The standard InChI is InChI=1S/C17H17NOS/c1-12-8-14(10-18)6-7-16(12)11-20-17-5-3-4-15(9-17)13(2)19/h3-9,13,19H,11H2,1-2H3. The van der Waals surface area contributed by atoms with Gasteiger partial charge in [0.2, 0.25) is 0 Å². The first-order valence-electron chi connectivity index (χ1n) is 6.50. The molecule has 0 amide bonds. The molecule has 0 spiro atoms. The zero-order chi connectivity index (χ0) is 14.5. The van der Waals surface area contributed by atoms with Gasteiger partial charge in [0.05, 0.1) is 17.7 Å². The molecule has 0 bridgehead atoms. The molecule has 0 fully saturated rings. The van der Waals surface area contributed by atoms with Gasteiger partial charge in [-0.15, -0.1) is 11.8 Å². The molecule has 2 aromatic rings. The van der Waals surface area contributed by atoms with E-state index in [0.29, 0.717) is 5.56 Å². The van der Waals surface area contributed by atoms with Crippen LogP contribution in [0, 0.1) is 18.3 Å². The zero-order valence-electron chi connectivity index (χ0n) is 11.6. The molecule has 2 nitrogen and oxygen atoms in total. The van der Waals surface area contributed by atoms with Gasteiger partial charge >= 0.3 is 0 Å². The van der Waals surface area contributed by atoms with Crippen molar-refractivity contribution < 1.29 is 5.11 Å². The van der Waals surface area contributed by atoms with Gasteiger partial charge in [0, 0.05) is 10.6 Å². The summed E-state index contributed by atoms with van der Waals surface area (Å²) in [5.41, 5.74) is 4.01. The van der Waals surface area contributed by atoms with Gasteiger partial charge in [-0.1, -0.05) is 18.2 Å². The minimum Gasteiger partial charge on any atom is -0.389 e. The Morgan fingerprint density at radius 2 is 2.05 bits per heavy atom. The Hall–Kier alpha value is -1.76. The van der Waals surface area contributed by atoms with Crippen LogP contribution in [0.25, 0.3) is 0 Å². The predicted molar refractivity (Wildman–Crippen MR) is 82.5 cm³/mol. The average Bonchev–Trinajstić information content (AvgIpc) is 2.46.